The van der Waals surface area contributed by atoms with Gasteiger partial charge in [-0.15, -0.1) is 0 Å². The van der Waals surface area contributed by atoms with Gasteiger partial charge in [0.1, 0.15) is 11.6 Å². The van der Waals surface area contributed by atoms with Gasteiger partial charge in [0.25, 0.3) is 0 Å². The van der Waals surface area contributed by atoms with Crippen LogP contribution >= 0.6 is 11.6 Å². The highest BCUT2D eigenvalue weighted by atomic mass is 35.5. The summed E-state index contributed by atoms with van der Waals surface area (Å²) in [7, 11) is 1.48. The molecule has 2 saturated heterocycles. The highest BCUT2D eigenvalue weighted by Crippen LogP contribution is 2.40. The first-order valence-electron chi connectivity index (χ1n) is 17.1. The molecule has 2 aliphatic heterocycles. The maximum atomic E-state index is 15.7. The van der Waals surface area contributed by atoms with Crippen LogP contribution in [0.1, 0.15) is 49.3 Å². The molecule has 0 radical (unpaired) electrons. The van der Waals surface area contributed by atoms with E-state index in [2.05, 4.69) is 31.2 Å². The highest BCUT2D eigenvalue weighted by molar-refractivity contribution is 6.35. The molecule has 2 aromatic heterocycles. The van der Waals surface area contributed by atoms with Gasteiger partial charge in [0.05, 0.1) is 17.8 Å². The second kappa shape index (κ2) is 16.1. The van der Waals surface area contributed by atoms with Crippen molar-refractivity contribution in [3.63, 3.8) is 0 Å². The first kappa shape index (κ1) is 36.2. The van der Waals surface area contributed by atoms with E-state index in [9.17, 15) is 9.59 Å². The number of methoxy groups -OCH3 is 1. The van der Waals surface area contributed by atoms with Gasteiger partial charge in [0.15, 0.2) is 11.6 Å². The average Bonchev–Trinajstić information content (AvgIpc) is 3.54. The van der Waals surface area contributed by atoms with Crippen molar-refractivity contribution in [3.05, 3.63) is 88.2 Å². The fourth-order valence-corrected chi connectivity index (χ4v) is 7.03. The summed E-state index contributed by atoms with van der Waals surface area (Å²) in [6, 6.07) is 12.4. The standard InChI is InChI=1S/C38H42ClF2N7O3/c1-22-28(5-4-6-32(22)47-38-36(41)24(9-13-44-38)19-45-26-11-15-48(16-12-26)23(2)49)29-10-14-43-37(35(29)39)25-17-31(40)30(33(18-25)51-3)21-42-20-27-7-8-34(50)46-27/h4-6,9-10,13-14,17-18,26-27,42,45H,7-8,11-12,15-16,19-21H2,1-3H3,(H,44,47)(H,46,50)/t27-/m1/s1. The van der Waals surface area contributed by atoms with Crippen LogP contribution in [0.5, 0.6) is 5.75 Å². The fourth-order valence-electron chi connectivity index (χ4n) is 6.71. The van der Waals surface area contributed by atoms with E-state index in [1.807, 2.05) is 30.0 Å². The monoisotopic (exact) mass is 717 g/mol. The van der Waals surface area contributed by atoms with Crippen LogP contribution in [0.3, 0.4) is 0 Å². The van der Waals surface area contributed by atoms with E-state index in [1.54, 1.807) is 37.5 Å². The number of aromatic nitrogens is 2. The lowest BCUT2D eigenvalue weighted by molar-refractivity contribution is -0.130. The van der Waals surface area contributed by atoms with Gasteiger partial charge in [-0.25, -0.2) is 13.8 Å². The normalized spacial score (nSPS) is 16.3. The molecule has 1 atom stereocenters. The van der Waals surface area contributed by atoms with Crippen LogP contribution in [0.4, 0.5) is 20.3 Å². The predicted octanol–water partition coefficient (Wildman–Crippen LogP) is 6.27. The summed E-state index contributed by atoms with van der Waals surface area (Å²) in [5.74, 6) is -0.352. The Morgan fingerprint density at radius 3 is 2.57 bits per heavy atom. The topological polar surface area (TPSA) is 121 Å². The lowest BCUT2D eigenvalue weighted by Gasteiger charge is -2.31. The molecule has 4 aromatic rings. The molecule has 2 aliphatic rings. The molecule has 0 saturated carbocycles. The lowest BCUT2D eigenvalue weighted by atomic mass is 9.97. The zero-order chi connectivity index (χ0) is 36.1. The maximum Gasteiger partial charge on any atom is 0.220 e. The third-order valence-electron chi connectivity index (χ3n) is 9.68. The number of likely N-dealkylation sites (tertiary alicyclic amines) is 1. The Hall–Kier alpha value is -4.65. The molecule has 268 valence electrons. The summed E-state index contributed by atoms with van der Waals surface area (Å²) in [5.41, 5.74) is 4.61. The van der Waals surface area contributed by atoms with Gasteiger partial charge in [-0.05, 0) is 67.6 Å². The summed E-state index contributed by atoms with van der Waals surface area (Å²) in [6.07, 6.45) is 6.07. The quantitative estimate of drug-likeness (QED) is 0.135. The summed E-state index contributed by atoms with van der Waals surface area (Å²) < 4.78 is 36.8. The van der Waals surface area contributed by atoms with Crippen molar-refractivity contribution in [2.45, 2.75) is 64.7 Å². The van der Waals surface area contributed by atoms with Gasteiger partial charge in [0.2, 0.25) is 11.8 Å². The van der Waals surface area contributed by atoms with Crippen LogP contribution in [-0.4, -0.2) is 65.5 Å². The van der Waals surface area contributed by atoms with E-state index in [1.165, 1.54) is 13.2 Å². The van der Waals surface area contributed by atoms with Crippen LogP contribution in [0.2, 0.25) is 5.02 Å². The Bertz CT molecular complexity index is 1920. The second-order valence-electron chi connectivity index (χ2n) is 13.0. The predicted molar refractivity (Wildman–Crippen MR) is 194 cm³/mol. The third-order valence-corrected chi connectivity index (χ3v) is 10.1. The van der Waals surface area contributed by atoms with Gasteiger partial charge >= 0.3 is 0 Å². The number of pyridine rings is 2. The van der Waals surface area contributed by atoms with Gasteiger partial charge in [-0.1, -0.05) is 23.7 Å². The smallest absolute Gasteiger partial charge is 0.220 e. The van der Waals surface area contributed by atoms with E-state index >= 15 is 8.78 Å². The SMILES string of the molecule is COc1cc(-c2nccc(-c3cccc(Nc4nccc(CNC5CCN(C(C)=O)CC5)c4F)c3C)c2Cl)cc(F)c1CNC[C@H]1CCC(=O)N1. The van der Waals surface area contributed by atoms with Crippen molar-refractivity contribution in [2.75, 3.05) is 32.1 Å². The molecule has 51 heavy (non-hydrogen) atoms. The Morgan fingerprint density at radius 1 is 1.06 bits per heavy atom. The summed E-state index contributed by atoms with van der Waals surface area (Å²) in [4.78, 5) is 33.8. The maximum absolute atomic E-state index is 15.7. The number of piperidine rings is 1. The number of nitrogens with zero attached hydrogens (tertiary/aromatic N) is 3. The zero-order valence-corrected chi connectivity index (χ0v) is 29.7. The van der Waals surface area contributed by atoms with E-state index in [0.717, 1.165) is 30.4 Å². The van der Waals surface area contributed by atoms with Crippen molar-refractivity contribution in [1.82, 2.24) is 30.8 Å². The molecular weight excluding hydrogens is 676 g/mol. The number of carbonyl (C=O) groups excluding carboxylic acids is 2. The third kappa shape index (κ3) is 8.30. The second-order valence-corrected chi connectivity index (χ2v) is 13.4. The molecule has 0 bridgehead atoms. The first-order chi connectivity index (χ1) is 24.6. The summed E-state index contributed by atoms with van der Waals surface area (Å²) >= 11 is 6.99. The van der Waals surface area contributed by atoms with Gasteiger partial charge in [-0.2, -0.15) is 0 Å². The number of nitrogens with one attached hydrogen (secondary N) is 4. The van der Waals surface area contributed by atoms with Crippen molar-refractivity contribution in [2.24, 2.45) is 0 Å². The number of halogens is 3. The Morgan fingerprint density at radius 2 is 1.84 bits per heavy atom. The summed E-state index contributed by atoms with van der Waals surface area (Å²) in [5, 5.41) is 13.0. The van der Waals surface area contributed by atoms with Crippen molar-refractivity contribution < 1.29 is 23.1 Å². The number of hydrogen-bond acceptors (Lipinski definition) is 8. The largest absolute Gasteiger partial charge is 0.496 e. The molecule has 2 aromatic carbocycles. The molecule has 6 rings (SSSR count). The molecule has 2 fully saturated rings. The van der Waals surface area contributed by atoms with E-state index in [-0.39, 0.29) is 36.3 Å². The Balaban J connectivity index is 1.18. The van der Waals surface area contributed by atoms with Crippen LogP contribution in [0.25, 0.3) is 22.4 Å². The molecule has 0 unspecified atom stereocenters. The number of rotatable bonds is 12. The van der Waals surface area contributed by atoms with E-state index < -0.39 is 11.6 Å². The summed E-state index contributed by atoms with van der Waals surface area (Å²) in [6.45, 7) is 5.95. The van der Waals surface area contributed by atoms with Crippen molar-refractivity contribution in [3.8, 4) is 28.1 Å². The van der Waals surface area contributed by atoms with Crippen molar-refractivity contribution in [1.29, 1.82) is 0 Å². The molecule has 4 heterocycles. The van der Waals surface area contributed by atoms with Crippen LogP contribution in [-0.2, 0) is 22.7 Å². The molecule has 2 amide bonds. The van der Waals surface area contributed by atoms with Crippen LogP contribution in [0, 0.1) is 18.6 Å². The number of hydrogen-bond donors (Lipinski definition) is 4. The minimum absolute atomic E-state index is 0.0193. The Labute approximate surface area is 301 Å². The Kier molecular flexibility index (Phi) is 11.4. The minimum Gasteiger partial charge on any atom is -0.496 e. The van der Waals surface area contributed by atoms with Gasteiger partial charge < -0.3 is 30.9 Å². The van der Waals surface area contributed by atoms with Crippen LogP contribution < -0.4 is 26.0 Å². The molecule has 0 spiro atoms. The number of benzene rings is 2. The number of anilines is 2. The molecular formula is C38H42ClF2N7O3. The highest BCUT2D eigenvalue weighted by Gasteiger charge is 2.23. The molecule has 13 heteroatoms. The number of ether oxygens (including phenoxy) is 1. The van der Waals surface area contributed by atoms with Crippen LogP contribution in [0.15, 0.2) is 54.9 Å². The number of amides is 2. The molecule has 4 N–H and O–H groups in total. The van der Waals surface area contributed by atoms with Crippen molar-refractivity contribution >= 4 is 34.9 Å². The zero-order valence-electron chi connectivity index (χ0n) is 28.9. The van der Waals surface area contributed by atoms with Gasteiger partial charge in [-0.3, -0.25) is 14.6 Å². The molecule has 10 nitrogen and oxygen atoms in total. The minimum atomic E-state index is -0.469. The average molecular weight is 718 g/mol. The number of carbonyl (C=O) groups is 2. The first-order valence-corrected chi connectivity index (χ1v) is 17.5. The molecule has 0 aliphatic carbocycles. The van der Waals surface area contributed by atoms with E-state index in [4.69, 9.17) is 16.3 Å². The lowest BCUT2D eigenvalue weighted by Crippen LogP contribution is -2.44. The fraction of sp³-hybridized carbons (Fsp3) is 0.368. The van der Waals surface area contributed by atoms with E-state index in [0.29, 0.717) is 77.0 Å². The van der Waals surface area contributed by atoms with Gasteiger partial charge in [0, 0.05) is 98.5 Å².